The summed E-state index contributed by atoms with van der Waals surface area (Å²) in [4.78, 5) is 0. The molecule has 1 fully saturated rings. The van der Waals surface area contributed by atoms with Gasteiger partial charge in [-0.25, -0.2) is 0 Å². The second-order valence-electron chi connectivity index (χ2n) is 6.76. The summed E-state index contributed by atoms with van der Waals surface area (Å²) in [6.07, 6.45) is 9.20. The van der Waals surface area contributed by atoms with Crippen molar-refractivity contribution in [2.75, 3.05) is 6.61 Å². The van der Waals surface area contributed by atoms with Crippen molar-refractivity contribution >= 4 is 0 Å². The van der Waals surface area contributed by atoms with Gasteiger partial charge in [-0.3, -0.25) is 0 Å². The number of ether oxygens (including phenoxy) is 1. The van der Waals surface area contributed by atoms with Crippen LogP contribution >= 0.6 is 0 Å². The van der Waals surface area contributed by atoms with Crippen molar-refractivity contribution in [3.8, 4) is 5.75 Å². The van der Waals surface area contributed by atoms with Crippen LogP contribution in [0.2, 0.25) is 0 Å². The molecule has 2 heteroatoms. The molecule has 0 bridgehead atoms. The van der Waals surface area contributed by atoms with Gasteiger partial charge in [0.2, 0.25) is 0 Å². The second-order valence-corrected chi connectivity index (χ2v) is 6.76. The second kappa shape index (κ2) is 6.83. The van der Waals surface area contributed by atoms with Crippen molar-refractivity contribution in [1.82, 2.24) is 5.32 Å². The number of rotatable bonds is 3. The molecule has 116 valence electrons. The van der Waals surface area contributed by atoms with Crippen LogP contribution < -0.4 is 10.1 Å². The minimum atomic E-state index is 0.472. The van der Waals surface area contributed by atoms with Gasteiger partial charge in [0.25, 0.3) is 0 Å². The summed E-state index contributed by atoms with van der Waals surface area (Å²) in [7, 11) is 0. The molecule has 1 aliphatic carbocycles. The van der Waals surface area contributed by atoms with E-state index in [1.807, 2.05) is 0 Å². The van der Waals surface area contributed by atoms with E-state index in [1.165, 1.54) is 49.7 Å². The summed E-state index contributed by atoms with van der Waals surface area (Å²) >= 11 is 0. The maximum Gasteiger partial charge on any atom is 0.126 e. The number of para-hydroxylation sites is 1. The molecule has 3 unspecified atom stereocenters. The molecular formula is C19H29NO. The minimum absolute atomic E-state index is 0.472. The van der Waals surface area contributed by atoms with Crippen LogP contribution in [0.5, 0.6) is 5.75 Å². The topological polar surface area (TPSA) is 21.3 Å². The predicted octanol–water partition coefficient (Wildman–Crippen LogP) is 4.77. The van der Waals surface area contributed by atoms with E-state index in [4.69, 9.17) is 4.74 Å². The molecule has 1 aromatic carbocycles. The van der Waals surface area contributed by atoms with Crippen LogP contribution in [0.4, 0.5) is 0 Å². The van der Waals surface area contributed by atoms with Gasteiger partial charge >= 0.3 is 0 Å². The molecule has 1 aliphatic heterocycles. The Morgan fingerprint density at radius 2 is 2.00 bits per heavy atom. The number of nitrogens with one attached hydrogen (secondary N) is 1. The zero-order valence-electron chi connectivity index (χ0n) is 13.5. The van der Waals surface area contributed by atoms with Gasteiger partial charge in [0.1, 0.15) is 5.75 Å². The molecule has 1 aromatic rings. The Hall–Kier alpha value is -1.02. The van der Waals surface area contributed by atoms with E-state index in [1.54, 1.807) is 0 Å². The molecule has 0 aromatic heterocycles. The molecule has 1 saturated carbocycles. The number of benzene rings is 1. The summed E-state index contributed by atoms with van der Waals surface area (Å²) in [6, 6.07) is 7.77. The normalized spacial score (nSPS) is 29.3. The van der Waals surface area contributed by atoms with Crippen molar-refractivity contribution in [3.63, 3.8) is 0 Å². The number of aryl methyl sites for hydroxylation is 1. The van der Waals surface area contributed by atoms with Crippen molar-refractivity contribution in [2.45, 2.75) is 70.9 Å². The minimum Gasteiger partial charge on any atom is -0.493 e. The first-order valence-corrected chi connectivity index (χ1v) is 8.78. The number of hydrogen-bond acceptors (Lipinski definition) is 2. The van der Waals surface area contributed by atoms with Crippen molar-refractivity contribution < 1.29 is 4.74 Å². The first kappa shape index (κ1) is 14.9. The highest BCUT2D eigenvalue weighted by atomic mass is 16.5. The van der Waals surface area contributed by atoms with Crippen LogP contribution in [-0.4, -0.2) is 12.6 Å². The summed E-state index contributed by atoms with van der Waals surface area (Å²) in [5, 5.41) is 4.00. The van der Waals surface area contributed by atoms with E-state index in [9.17, 15) is 0 Å². The van der Waals surface area contributed by atoms with Crippen LogP contribution in [0.1, 0.15) is 69.0 Å². The Kier molecular flexibility index (Phi) is 4.84. The monoisotopic (exact) mass is 287 g/mol. The third-order valence-corrected chi connectivity index (χ3v) is 5.35. The van der Waals surface area contributed by atoms with Gasteiger partial charge < -0.3 is 10.1 Å². The molecule has 0 spiro atoms. The van der Waals surface area contributed by atoms with E-state index in [2.05, 4.69) is 37.4 Å². The molecule has 0 radical (unpaired) electrons. The van der Waals surface area contributed by atoms with Gasteiger partial charge in [-0.2, -0.15) is 0 Å². The molecule has 1 N–H and O–H groups in total. The Morgan fingerprint density at radius 1 is 1.14 bits per heavy atom. The Labute approximate surface area is 129 Å². The van der Waals surface area contributed by atoms with E-state index in [0.717, 1.165) is 24.7 Å². The molecule has 3 rings (SSSR count). The lowest BCUT2D eigenvalue weighted by atomic mass is 9.82. The molecule has 1 heterocycles. The fourth-order valence-electron chi connectivity index (χ4n) is 4.11. The fourth-order valence-corrected chi connectivity index (χ4v) is 4.11. The standard InChI is InChI=1S/C19H29NO/c1-3-15-9-4-5-11-17(15)20-18-12-7-13-21-19-14(2)8-6-10-16(18)19/h6,8,10,15,17-18,20H,3-5,7,9,11-13H2,1-2H3. The lowest BCUT2D eigenvalue weighted by Gasteiger charge is -2.35. The zero-order valence-corrected chi connectivity index (χ0v) is 13.5. The predicted molar refractivity (Wildman–Crippen MR) is 87.8 cm³/mol. The highest BCUT2D eigenvalue weighted by Gasteiger charge is 2.28. The summed E-state index contributed by atoms with van der Waals surface area (Å²) in [6.45, 7) is 5.37. The largest absolute Gasteiger partial charge is 0.493 e. The van der Waals surface area contributed by atoms with Crippen LogP contribution in [-0.2, 0) is 0 Å². The third kappa shape index (κ3) is 3.26. The molecule has 2 aliphatic rings. The van der Waals surface area contributed by atoms with E-state index in [0.29, 0.717) is 12.1 Å². The maximum absolute atomic E-state index is 6.01. The van der Waals surface area contributed by atoms with Crippen molar-refractivity contribution in [2.24, 2.45) is 5.92 Å². The van der Waals surface area contributed by atoms with Crippen LogP contribution in [0.25, 0.3) is 0 Å². The summed E-state index contributed by atoms with van der Waals surface area (Å²) in [5.41, 5.74) is 2.66. The van der Waals surface area contributed by atoms with E-state index < -0.39 is 0 Å². The van der Waals surface area contributed by atoms with Gasteiger partial charge in [0, 0.05) is 17.6 Å². The highest BCUT2D eigenvalue weighted by Crippen LogP contribution is 2.36. The number of fused-ring (bicyclic) bond motifs is 1. The molecule has 2 nitrogen and oxygen atoms in total. The van der Waals surface area contributed by atoms with E-state index in [-0.39, 0.29) is 0 Å². The van der Waals surface area contributed by atoms with Gasteiger partial charge in [-0.15, -0.1) is 0 Å². The average Bonchev–Trinajstić information content (AvgIpc) is 2.72. The molecular weight excluding hydrogens is 258 g/mol. The Balaban J connectivity index is 1.80. The van der Waals surface area contributed by atoms with Gasteiger partial charge in [-0.05, 0) is 44.1 Å². The Bertz CT molecular complexity index is 471. The molecule has 21 heavy (non-hydrogen) atoms. The first-order valence-electron chi connectivity index (χ1n) is 8.78. The zero-order chi connectivity index (χ0) is 14.7. The van der Waals surface area contributed by atoms with Crippen LogP contribution in [0, 0.1) is 12.8 Å². The summed E-state index contributed by atoms with van der Waals surface area (Å²) in [5.74, 6) is 1.99. The van der Waals surface area contributed by atoms with Gasteiger partial charge in [-0.1, -0.05) is 44.4 Å². The van der Waals surface area contributed by atoms with Gasteiger partial charge in [0.05, 0.1) is 6.61 Å². The lowest BCUT2D eigenvalue weighted by Crippen LogP contribution is -2.40. The van der Waals surface area contributed by atoms with E-state index >= 15 is 0 Å². The average molecular weight is 287 g/mol. The number of hydrogen-bond donors (Lipinski definition) is 1. The first-order chi connectivity index (χ1) is 10.3. The van der Waals surface area contributed by atoms with Crippen molar-refractivity contribution in [1.29, 1.82) is 0 Å². The maximum atomic E-state index is 6.01. The third-order valence-electron chi connectivity index (χ3n) is 5.35. The van der Waals surface area contributed by atoms with Crippen LogP contribution in [0.3, 0.4) is 0 Å². The smallest absolute Gasteiger partial charge is 0.126 e. The van der Waals surface area contributed by atoms with Crippen molar-refractivity contribution in [3.05, 3.63) is 29.3 Å². The highest BCUT2D eigenvalue weighted by molar-refractivity contribution is 5.43. The molecule has 0 amide bonds. The SMILES string of the molecule is CCC1CCCCC1NC1CCCOc2c(C)cccc21. The quantitative estimate of drug-likeness (QED) is 0.865. The van der Waals surface area contributed by atoms with Crippen LogP contribution in [0.15, 0.2) is 18.2 Å². The molecule has 3 atom stereocenters. The summed E-state index contributed by atoms with van der Waals surface area (Å²) < 4.78 is 6.01. The molecule has 0 saturated heterocycles. The fraction of sp³-hybridized carbons (Fsp3) is 0.684. The van der Waals surface area contributed by atoms with Gasteiger partial charge in [0.15, 0.2) is 0 Å². The lowest BCUT2D eigenvalue weighted by molar-refractivity contribution is 0.232. The Morgan fingerprint density at radius 3 is 2.86 bits per heavy atom.